The molecule has 5 heteroatoms. The van der Waals surface area contributed by atoms with Gasteiger partial charge in [-0.2, -0.15) is 0 Å². The van der Waals surface area contributed by atoms with E-state index in [1.54, 1.807) is 18.2 Å². The van der Waals surface area contributed by atoms with Gasteiger partial charge in [-0.15, -0.1) is 0 Å². The first kappa shape index (κ1) is 18.7. The van der Waals surface area contributed by atoms with E-state index < -0.39 is 0 Å². The zero-order chi connectivity index (χ0) is 19.2. The van der Waals surface area contributed by atoms with Crippen molar-refractivity contribution in [3.8, 4) is 5.75 Å². The quantitative estimate of drug-likeness (QED) is 0.687. The SMILES string of the molecule is CC[C@H](Nc1cccc(OC)c1)C(=O)N(C)Cc1cccc2cccnc12. The standard InChI is InChI=1S/C22H25N3O2/c1-4-20(24-18-11-6-12-19(14-18)27-3)22(26)25(2)15-17-9-5-8-16-10-7-13-23-21(16)17/h5-14,20,24H,4,15H2,1-3H3/t20-/m0/s1. The van der Waals surface area contributed by atoms with Crippen molar-refractivity contribution in [2.24, 2.45) is 0 Å². The number of likely N-dealkylation sites (N-methyl/N-ethyl adjacent to an activating group) is 1. The monoisotopic (exact) mass is 363 g/mol. The molecule has 0 aliphatic carbocycles. The third-order valence-corrected chi connectivity index (χ3v) is 4.62. The molecule has 1 aromatic heterocycles. The predicted molar refractivity (Wildman–Crippen MR) is 109 cm³/mol. The maximum absolute atomic E-state index is 13.0. The number of fused-ring (bicyclic) bond motifs is 1. The molecule has 0 radical (unpaired) electrons. The Balaban J connectivity index is 1.74. The molecule has 0 aliphatic heterocycles. The lowest BCUT2D eigenvalue weighted by Gasteiger charge is -2.25. The highest BCUT2D eigenvalue weighted by atomic mass is 16.5. The lowest BCUT2D eigenvalue weighted by molar-refractivity contribution is -0.131. The molecule has 0 fully saturated rings. The molecule has 27 heavy (non-hydrogen) atoms. The molecule has 0 unspecified atom stereocenters. The van der Waals surface area contributed by atoms with Gasteiger partial charge in [0.05, 0.1) is 12.6 Å². The highest BCUT2D eigenvalue weighted by molar-refractivity contribution is 5.86. The van der Waals surface area contributed by atoms with E-state index in [2.05, 4.69) is 10.3 Å². The number of benzene rings is 2. The van der Waals surface area contributed by atoms with Crippen molar-refractivity contribution < 1.29 is 9.53 Å². The van der Waals surface area contributed by atoms with Crippen molar-refractivity contribution in [2.75, 3.05) is 19.5 Å². The number of carbonyl (C=O) groups excluding carboxylic acids is 1. The second kappa shape index (κ2) is 8.54. The molecule has 0 aliphatic rings. The van der Waals surface area contributed by atoms with Crippen LogP contribution < -0.4 is 10.1 Å². The van der Waals surface area contributed by atoms with Gasteiger partial charge in [0.1, 0.15) is 11.8 Å². The normalized spacial score (nSPS) is 11.8. The molecule has 0 saturated heterocycles. The number of aromatic nitrogens is 1. The number of amides is 1. The van der Waals surface area contributed by atoms with Crippen LogP contribution in [0.25, 0.3) is 10.9 Å². The van der Waals surface area contributed by atoms with Gasteiger partial charge in [0.2, 0.25) is 5.91 Å². The van der Waals surface area contributed by atoms with E-state index in [1.807, 2.05) is 68.6 Å². The van der Waals surface area contributed by atoms with Gasteiger partial charge in [-0.3, -0.25) is 9.78 Å². The van der Waals surface area contributed by atoms with Gasteiger partial charge in [-0.25, -0.2) is 0 Å². The molecule has 0 bridgehead atoms. The number of pyridine rings is 1. The molecule has 1 amide bonds. The maximum atomic E-state index is 13.0. The summed E-state index contributed by atoms with van der Waals surface area (Å²) in [6.07, 6.45) is 2.47. The summed E-state index contributed by atoms with van der Waals surface area (Å²) < 4.78 is 5.26. The molecular weight excluding hydrogens is 338 g/mol. The Hall–Kier alpha value is -3.08. The number of methoxy groups -OCH3 is 1. The number of nitrogens with zero attached hydrogens (tertiary/aromatic N) is 2. The number of nitrogens with one attached hydrogen (secondary N) is 1. The van der Waals surface area contributed by atoms with Gasteiger partial charge >= 0.3 is 0 Å². The summed E-state index contributed by atoms with van der Waals surface area (Å²) in [6, 6.07) is 17.3. The fourth-order valence-electron chi connectivity index (χ4n) is 3.15. The fourth-order valence-corrected chi connectivity index (χ4v) is 3.15. The lowest BCUT2D eigenvalue weighted by Crippen LogP contribution is -2.40. The molecule has 5 nitrogen and oxygen atoms in total. The van der Waals surface area contributed by atoms with E-state index in [-0.39, 0.29) is 11.9 Å². The Morgan fingerprint density at radius 2 is 1.96 bits per heavy atom. The first-order chi connectivity index (χ1) is 13.1. The summed E-state index contributed by atoms with van der Waals surface area (Å²) in [4.78, 5) is 19.2. The smallest absolute Gasteiger partial charge is 0.245 e. The molecule has 1 atom stereocenters. The van der Waals surface area contributed by atoms with Crippen LogP contribution in [0.5, 0.6) is 5.75 Å². The summed E-state index contributed by atoms with van der Waals surface area (Å²) >= 11 is 0. The largest absolute Gasteiger partial charge is 0.497 e. The van der Waals surface area contributed by atoms with E-state index in [0.29, 0.717) is 13.0 Å². The predicted octanol–water partition coefficient (Wildman–Crippen LogP) is 4.09. The second-order valence-electron chi connectivity index (χ2n) is 6.52. The van der Waals surface area contributed by atoms with E-state index in [1.165, 1.54) is 0 Å². The first-order valence-electron chi connectivity index (χ1n) is 9.10. The van der Waals surface area contributed by atoms with Crippen LogP contribution >= 0.6 is 0 Å². The number of hydrogen-bond acceptors (Lipinski definition) is 4. The second-order valence-corrected chi connectivity index (χ2v) is 6.52. The van der Waals surface area contributed by atoms with Gasteiger partial charge in [-0.1, -0.05) is 37.3 Å². The van der Waals surface area contributed by atoms with E-state index in [0.717, 1.165) is 27.9 Å². The molecule has 2 aromatic carbocycles. The summed E-state index contributed by atoms with van der Waals surface area (Å²) in [6.45, 7) is 2.52. The third kappa shape index (κ3) is 4.37. The summed E-state index contributed by atoms with van der Waals surface area (Å²) in [7, 11) is 3.47. The van der Waals surface area contributed by atoms with Gasteiger partial charge in [0.25, 0.3) is 0 Å². The molecule has 3 aromatic rings. The van der Waals surface area contributed by atoms with Crippen LogP contribution in [0.15, 0.2) is 60.8 Å². The fraction of sp³-hybridized carbons (Fsp3) is 0.273. The number of anilines is 1. The molecule has 3 rings (SSSR count). The molecule has 0 spiro atoms. The highest BCUT2D eigenvalue weighted by Gasteiger charge is 2.21. The van der Waals surface area contributed by atoms with Crippen LogP contribution in [0.1, 0.15) is 18.9 Å². The van der Waals surface area contributed by atoms with Crippen LogP contribution in [-0.4, -0.2) is 36.0 Å². The van der Waals surface area contributed by atoms with E-state index in [4.69, 9.17) is 4.74 Å². The van der Waals surface area contributed by atoms with Crippen molar-refractivity contribution in [1.82, 2.24) is 9.88 Å². The van der Waals surface area contributed by atoms with Gasteiger partial charge in [0.15, 0.2) is 0 Å². The van der Waals surface area contributed by atoms with Crippen molar-refractivity contribution >= 4 is 22.5 Å². The number of hydrogen-bond donors (Lipinski definition) is 1. The third-order valence-electron chi connectivity index (χ3n) is 4.62. The maximum Gasteiger partial charge on any atom is 0.245 e. The number of ether oxygens (including phenoxy) is 1. The number of rotatable bonds is 7. The van der Waals surface area contributed by atoms with Gasteiger partial charge in [0, 0.05) is 36.9 Å². The molecule has 140 valence electrons. The first-order valence-corrected chi connectivity index (χ1v) is 9.10. The van der Waals surface area contributed by atoms with Crippen LogP contribution in [0.4, 0.5) is 5.69 Å². The van der Waals surface area contributed by atoms with Crippen LogP contribution in [0, 0.1) is 0 Å². The Bertz CT molecular complexity index is 921. The summed E-state index contributed by atoms with van der Waals surface area (Å²) in [5, 5.41) is 4.40. The van der Waals surface area contributed by atoms with Crippen molar-refractivity contribution in [2.45, 2.75) is 25.9 Å². The van der Waals surface area contributed by atoms with Crippen molar-refractivity contribution in [3.05, 3.63) is 66.4 Å². The summed E-state index contributed by atoms with van der Waals surface area (Å²) in [5.41, 5.74) is 2.85. The molecule has 0 saturated carbocycles. The van der Waals surface area contributed by atoms with Crippen molar-refractivity contribution in [3.63, 3.8) is 0 Å². The van der Waals surface area contributed by atoms with Crippen molar-refractivity contribution in [1.29, 1.82) is 0 Å². The van der Waals surface area contributed by atoms with Gasteiger partial charge < -0.3 is 15.0 Å². The van der Waals surface area contributed by atoms with Crippen LogP contribution in [-0.2, 0) is 11.3 Å². The number of carbonyl (C=O) groups is 1. The number of para-hydroxylation sites is 1. The average molecular weight is 363 g/mol. The molecule has 1 N–H and O–H groups in total. The Labute approximate surface area is 160 Å². The zero-order valence-corrected chi connectivity index (χ0v) is 16.0. The highest BCUT2D eigenvalue weighted by Crippen LogP contribution is 2.20. The summed E-state index contributed by atoms with van der Waals surface area (Å²) in [5.74, 6) is 0.811. The van der Waals surface area contributed by atoms with E-state index >= 15 is 0 Å². The average Bonchev–Trinajstić information content (AvgIpc) is 2.72. The minimum absolute atomic E-state index is 0.0493. The topological polar surface area (TPSA) is 54.5 Å². The molecule has 1 heterocycles. The van der Waals surface area contributed by atoms with E-state index in [9.17, 15) is 4.79 Å². The van der Waals surface area contributed by atoms with Crippen LogP contribution in [0.3, 0.4) is 0 Å². The Morgan fingerprint density at radius 1 is 1.19 bits per heavy atom. The lowest BCUT2D eigenvalue weighted by atomic mass is 10.1. The minimum atomic E-state index is -0.301. The Kier molecular flexibility index (Phi) is 5.91. The minimum Gasteiger partial charge on any atom is -0.497 e. The Morgan fingerprint density at radius 3 is 2.74 bits per heavy atom. The molecular formula is C22H25N3O2. The zero-order valence-electron chi connectivity index (χ0n) is 16.0. The van der Waals surface area contributed by atoms with Crippen LogP contribution in [0.2, 0.25) is 0 Å². The van der Waals surface area contributed by atoms with Gasteiger partial charge in [-0.05, 0) is 30.2 Å².